The standard InChI is InChI=1S/C29H31F2N5O4/c1-29(2,3)40-28(38)33-20-7-6-12-35(15-20)26(37)17-36-16-21(18-8-10-24(32-4)22(30)13-18)27(34-36)19-9-11-25(39-5)23(31)14-19/h8-11,13-14,16,20H,6-7,12,15,17H2,1-3,5H3,(H,33,38)/t20-/m1/s1. The fourth-order valence-electron chi connectivity index (χ4n) is 4.54. The van der Waals surface area contributed by atoms with Gasteiger partial charge < -0.3 is 19.7 Å². The molecular weight excluding hydrogens is 520 g/mol. The van der Waals surface area contributed by atoms with E-state index in [1.807, 2.05) is 0 Å². The Morgan fingerprint density at radius 1 is 1.15 bits per heavy atom. The molecule has 2 heterocycles. The molecule has 1 N–H and O–H groups in total. The van der Waals surface area contributed by atoms with Gasteiger partial charge in [-0.2, -0.15) is 5.10 Å². The third-order valence-electron chi connectivity index (χ3n) is 6.36. The first-order valence-corrected chi connectivity index (χ1v) is 12.8. The fraction of sp³-hybridized carbons (Fsp3) is 0.379. The lowest BCUT2D eigenvalue weighted by molar-refractivity contribution is -0.133. The summed E-state index contributed by atoms with van der Waals surface area (Å²) in [6.45, 7) is 13.2. The van der Waals surface area contributed by atoms with E-state index in [0.29, 0.717) is 48.3 Å². The van der Waals surface area contributed by atoms with Crippen molar-refractivity contribution in [2.24, 2.45) is 0 Å². The highest BCUT2D eigenvalue weighted by atomic mass is 19.1. The van der Waals surface area contributed by atoms with Crippen molar-refractivity contribution < 1.29 is 27.8 Å². The van der Waals surface area contributed by atoms with Crippen molar-refractivity contribution >= 4 is 17.7 Å². The van der Waals surface area contributed by atoms with Gasteiger partial charge in [-0.15, -0.1) is 0 Å². The quantitative estimate of drug-likeness (QED) is 0.405. The molecule has 210 valence electrons. The Morgan fingerprint density at radius 2 is 1.88 bits per heavy atom. The van der Waals surface area contributed by atoms with Gasteiger partial charge in [0.2, 0.25) is 11.6 Å². The van der Waals surface area contributed by atoms with Gasteiger partial charge in [-0.05, 0) is 63.4 Å². The van der Waals surface area contributed by atoms with Crippen LogP contribution in [0.5, 0.6) is 5.75 Å². The van der Waals surface area contributed by atoms with Crippen LogP contribution in [0, 0.1) is 18.2 Å². The van der Waals surface area contributed by atoms with Gasteiger partial charge in [-0.1, -0.05) is 12.1 Å². The number of alkyl carbamates (subject to hydrolysis) is 1. The largest absolute Gasteiger partial charge is 0.494 e. The molecule has 0 spiro atoms. The van der Waals surface area contributed by atoms with E-state index in [4.69, 9.17) is 16.0 Å². The molecule has 0 aliphatic carbocycles. The van der Waals surface area contributed by atoms with Crippen LogP contribution in [0.2, 0.25) is 0 Å². The van der Waals surface area contributed by atoms with Crippen LogP contribution in [0.25, 0.3) is 27.2 Å². The minimum Gasteiger partial charge on any atom is -0.494 e. The summed E-state index contributed by atoms with van der Waals surface area (Å²) >= 11 is 0. The van der Waals surface area contributed by atoms with Crippen LogP contribution in [-0.4, -0.2) is 58.5 Å². The number of carbonyl (C=O) groups excluding carboxylic acids is 2. The number of nitrogens with one attached hydrogen (secondary N) is 1. The molecule has 40 heavy (non-hydrogen) atoms. The zero-order valence-electron chi connectivity index (χ0n) is 22.8. The summed E-state index contributed by atoms with van der Waals surface area (Å²) in [5.41, 5.74) is 0.894. The zero-order chi connectivity index (χ0) is 29.0. The van der Waals surface area contributed by atoms with Crippen LogP contribution in [0.1, 0.15) is 33.6 Å². The predicted molar refractivity (Wildman–Crippen MR) is 145 cm³/mol. The second-order valence-electron chi connectivity index (χ2n) is 10.5. The van der Waals surface area contributed by atoms with Crippen molar-refractivity contribution in [3.63, 3.8) is 0 Å². The molecule has 0 unspecified atom stereocenters. The van der Waals surface area contributed by atoms with Gasteiger partial charge in [0.05, 0.1) is 13.7 Å². The summed E-state index contributed by atoms with van der Waals surface area (Å²) in [4.78, 5) is 30.3. The highest BCUT2D eigenvalue weighted by Crippen LogP contribution is 2.35. The van der Waals surface area contributed by atoms with Gasteiger partial charge >= 0.3 is 6.09 Å². The van der Waals surface area contributed by atoms with Crippen LogP contribution in [0.4, 0.5) is 19.3 Å². The summed E-state index contributed by atoms with van der Waals surface area (Å²) in [6.07, 6.45) is 2.49. The van der Waals surface area contributed by atoms with Gasteiger partial charge in [0.15, 0.2) is 11.6 Å². The number of carbonyl (C=O) groups is 2. The van der Waals surface area contributed by atoms with E-state index in [9.17, 15) is 18.4 Å². The molecule has 0 bridgehead atoms. The smallest absolute Gasteiger partial charge is 0.407 e. The van der Waals surface area contributed by atoms with E-state index in [0.717, 1.165) is 0 Å². The van der Waals surface area contributed by atoms with Gasteiger partial charge in [-0.25, -0.2) is 18.4 Å². The van der Waals surface area contributed by atoms with E-state index < -0.39 is 23.3 Å². The number of methoxy groups -OCH3 is 1. The highest BCUT2D eigenvalue weighted by molar-refractivity contribution is 5.82. The molecule has 1 aliphatic rings. The third-order valence-corrected chi connectivity index (χ3v) is 6.36. The number of hydrogen-bond acceptors (Lipinski definition) is 5. The summed E-state index contributed by atoms with van der Waals surface area (Å²) < 4.78 is 40.8. The summed E-state index contributed by atoms with van der Waals surface area (Å²) in [5, 5.41) is 7.39. The molecule has 1 aromatic heterocycles. The average molecular weight is 552 g/mol. The Hall–Kier alpha value is -4.46. The summed E-state index contributed by atoms with van der Waals surface area (Å²) in [6, 6.07) is 8.27. The molecule has 4 rings (SSSR count). The van der Waals surface area contributed by atoms with Crippen LogP contribution in [-0.2, 0) is 16.1 Å². The Labute approximate surface area is 231 Å². The maximum absolute atomic E-state index is 14.6. The minimum absolute atomic E-state index is 0.0620. The van der Waals surface area contributed by atoms with E-state index in [2.05, 4.69) is 15.3 Å². The highest BCUT2D eigenvalue weighted by Gasteiger charge is 2.27. The van der Waals surface area contributed by atoms with Crippen LogP contribution >= 0.6 is 0 Å². The number of likely N-dealkylation sites (tertiary alicyclic amines) is 1. The van der Waals surface area contributed by atoms with Crippen LogP contribution in [0.15, 0.2) is 42.6 Å². The number of halogens is 2. The second-order valence-corrected chi connectivity index (χ2v) is 10.5. The van der Waals surface area contributed by atoms with Crippen molar-refractivity contribution in [1.82, 2.24) is 20.0 Å². The van der Waals surface area contributed by atoms with Crippen molar-refractivity contribution in [1.29, 1.82) is 0 Å². The van der Waals surface area contributed by atoms with Gasteiger partial charge in [0.25, 0.3) is 0 Å². The predicted octanol–water partition coefficient (Wildman–Crippen LogP) is 5.57. The topological polar surface area (TPSA) is 90.1 Å². The fourth-order valence-corrected chi connectivity index (χ4v) is 4.54. The van der Waals surface area contributed by atoms with Crippen LogP contribution < -0.4 is 10.1 Å². The SMILES string of the molecule is [C-]#[N+]c1ccc(-c2cn(CC(=O)N3CCC[C@@H](NC(=O)OC(C)(C)C)C3)nc2-c2ccc(OC)c(F)c2)cc1F. The van der Waals surface area contributed by atoms with Gasteiger partial charge in [0, 0.05) is 36.5 Å². The molecule has 11 heteroatoms. The molecule has 2 aromatic carbocycles. The van der Waals surface area contributed by atoms with Crippen molar-refractivity contribution in [2.45, 2.75) is 51.8 Å². The monoisotopic (exact) mass is 551 g/mol. The lowest BCUT2D eigenvalue weighted by Crippen LogP contribution is -2.51. The molecular formula is C29H31F2N5O4. The molecule has 0 saturated carbocycles. The Morgan fingerprint density at radius 3 is 2.52 bits per heavy atom. The molecule has 1 atom stereocenters. The van der Waals surface area contributed by atoms with E-state index in [1.165, 1.54) is 36.1 Å². The first-order valence-electron chi connectivity index (χ1n) is 12.8. The van der Waals surface area contributed by atoms with E-state index in [-0.39, 0.29) is 29.9 Å². The number of rotatable bonds is 6. The maximum atomic E-state index is 14.6. The zero-order valence-corrected chi connectivity index (χ0v) is 22.8. The molecule has 0 radical (unpaired) electrons. The number of hydrogen-bond donors (Lipinski definition) is 1. The number of ether oxygens (including phenoxy) is 2. The van der Waals surface area contributed by atoms with E-state index >= 15 is 0 Å². The lowest BCUT2D eigenvalue weighted by atomic mass is 10.0. The van der Waals surface area contributed by atoms with Crippen molar-refractivity contribution in [3.05, 3.63) is 65.6 Å². The van der Waals surface area contributed by atoms with Crippen molar-refractivity contribution in [3.8, 4) is 28.1 Å². The average Bonchev–Trinajstić information content (AvgIpc) is 3.31. The van der Waals surface area contributed by atoms with Gasteiger partial charge in [-0.3, -0.25) is 9.48 Å². The lowest BCUT2D eigenvalue weighted by Gasteiger charge is -2.33. The summed E-state index contributed by atoms with van der Waals surface area (Å²) in [7, 11) is 1.36. The number of aromatic nitrogens is 2. The first-order chi connectivity index (χ1) is 19.0. The first kappa shape index (κ1) is 28.5. The van der Waals surface area contributed by atoms with E-state index in [1.54, 1.807) is 44.0 Å². The number of benzene rings is 2. The number of piperidine rings is 1. The normalized spacial score (nSPS) is 15.3. The Balaban J connectivity index is 1.58. The third kappa shape index (κ3) is 6.75. The number of amides is 2. The molecule has 1 fully saturated rings. The molecule has 3 aromatic rings. The molecule has 1 aliphatic heterocycles. The maximum Gasteiger partial charge on any atom is 0.407 e. The van der Waals surface area contributed by atoms with Crippen LogP contribution in [0.3, 0.4) is 0 Å². The molecule has 9 nitrogen and oxygen atoms in total. The molecule has 1 saturated heterocycles. The minimum atomic E-state index is -0.694. The summed E-state index contributed by atoms with van der Waals surface area (Å²) in [5.74, 6) is -1.44. The molecule has 2 amide bonds. The Bertz CT molecular complexity index is 1460. The van der Waals surface area contributed by atoms with Gasteiger partial charge in [0.1, 0.15) is 23.7 Å². The Kier molecular flexibility index (Phi) is 8.38. The second kappa shape index (κ2) is 11.7. The number of nitrogens with zero attached hydrogens (tertiary/aromatic N) is 4. The van der Waals surface area contributed by atoms with Crippen molar-refractivity contribution in [2.75, 3.05) is 20.2 Å².